The van der Waals surface area contributed by atoms with E-state index in [0.29, 0.717) is 6.04 Å². The van der Waals surface area contributed by atoms with Crippen LogP contribution in [0.5, 0.6) is 0 Å². The minimum atomic E-state index is 0.236. The van der Waals surface area contributed by atoms with Crippen molar-refractivity contribution < 1.29 is 9.84 Å². The Bertz CT molecular complexity index is 105. The number of ether oxygens (including phenoxy) is 1. The minimum Gasteiger partial charge on any atom is -0.395 e. The molecule has 13 heavy (non-hydrogen) atoms. The van der Waals surface area contributed by atoms with Crippen LogP contribution in [0.1, 0.15) is 26.7 Å². The third-order valence-electron chi connectivity index (χ3n) is 2.43. The lowest BCUT2D eigenvalue weighted by Gasteiger charge is -2.29. The number of methoxy groups -OCH3 is 1. The van der Waals surface area contributed by atoms with Gasteiger partial charge in [-0.15, -0.1) is 0 Å². The van der Waals surface area contributed by atoms with Gasteiger partial charge >= 0.3 is 0 Å². The van der Waals surface area contributed by atoms with Crippen molar-refractivity contribution in [2.24, 2.45) is 0 Å². The van der Waals surface area contributed by atoms with Crippen molar-refractivity contribution in [1.29, 1.82) is 0 Å². The van der Waals surface area contributed by atoms with Gasteiger partial charge in [0.1, 0.15) is 0 Å². The largest absolute Gasteiger partial charge is 0.395 e. The van der Waals surface area contributed by atoms with Crippen LogP contribution in [0.3, 0.4) is 0 Å². The van der Waals surface area contributed by atoms with E-state index in [2.05, 4.69) is 18.7 Å². The fourth-order valence-electron chi connectivity index (χ4n) is 1.62. The molecule has 0 rings (SSSR count). The highest BCUT2D eigenvalue weighted by Crippen LogP contribution is 2.07. The summed E-state index contributed by atoms with van der Waals surface area (Å²) in [5, 5.41) is 8.89. The van der Waals surface area contributed by atoms with Crippen molar-refractivity contribution in [2.45, 2.75) is 32.7 Å². The molecule has 0 aliphatic rings. The molecule has 0 spiro atoms. The van der Waals surface area contributed by atoms with Crippen molar-refractivity contribution in [3.8, 4) is 0 Å². The van der Waals surface area contributed by atoms with Crippen LogP contribution in [0, 0.1) is 0 Å². The van der Waals surface area contributed by atoms with Gasteiger partial charge in [-0.3, -0.25) is 4.90 Å². The van der Waals surface area contributed by atoms with Gasteiger partial charge in [0.15, 0.2) is 0 Å². The van der Waals surface area contributed by atoms with E-state index in [4.69, 9.17) is 9.84 Å². The zero-order valence-corrected chi connectivity index (χ0v) is 9.12. The highest BCUT2D eigenvalue weighted by molar-refractivity contribution is 4.68. The van der Waals surface area contributed by atoms with Gasteiger partial charge in [-0.2, -0.15) is 0 Å². The van der Waals surface area contributed by atoms with Crippen molar-refractivity contribution >= 4 is 0 Å². The van der Waals surface area contributed by atoms with Crippen LogP contribution in [0.15, 0.2) is 0 Å². The second-order valence-corrected chi connectivity index (χ2v) is 3.22. The Kier molecular flexibility index (Phi) is 8.40. The summed E-state index contributed by atoms with van der Waals surface area (Å²) in [5.41, 5.74) is 0. The Morgan fingerprint density at radius 2 is 1.85 bits per heavy atom. The predicted octanol–water partition coefficient (Wildman–Crippen LogP) is 1.12. The Morgan fingerprint density at radius 1 is 1.23 bits per heavy atom. The molecular formula is C10H23NO2. The summed E-state index contributed by atoms with van der Waals surface area (Å²) in [4.78, 5) is 2.30. The average Bonchev–Trinajstić information content (AvgIpc) is 2.16. The summed E-state index contributed by atoms with van der Waals surface area (Å²) in [6, 6.07) is 0.585. The lowest BCUT2D eigenvalue weighted by Crippen LogP contribution is -2.38. The van der Waals surface area contributed by atoms with Crippen molar-refractivity contribution in [2.75, 3.05) is 33.4 Å². The molecule has 80 valence electrons. The summed E-state index contributed by atoms with van der Waals surface area (Å²) in [6.07, 6.45) is 2.28. The van der Waals surface area contributed by atoms with Crippen molar-refractivity contribution in [1.82, 2.24) is 4.90 Å². The van der Waals surface area contributed by atoms with Crippen LogP contribution < -0.4 is 0 Å². The van der Waals surface area contributed by atoms with Gasteiger partial charge in [-0.25, -0.2) is 0 Å². The van der Waals surface area contributed by atoms with Gasteiger partial charge < -0.3 is 9.84 Å². The van der Waals surface area contributed by atoms with E-state index in [1.807, 2.05) is 0 Å². The molecule has 0 fully saturated rings. The monoisotopic (exact) mass is 189 g/mol. The SMILES string of the molecule is CCC(CC)N(CCO)CCOC. The summed E-state index contributed by atoms with van der Waals surface area (Å²) in [7, 11) is 1.71. The number of hydrogen-bond acceptors (Lipinski definition) is 3. The molecule has 0 aromatic heterocycles. The number of hydrogen-bond donors (Lipinski definition) is 1. The number of aliphatic hydroxyl groups excluding tert-OH is 1. The van der Waals surface area contributed by atoms with Crippen LogP contribution in [0.4, 0.5) is 0 Å². The molecule has 3 heteroatoms. The quantitative estimate of drug-likeness (QED) is 0.621. The molecule has 0 saturated heterocycles. The lowest BCUT2D eigenvalue weighted by molar-refractivity contribution is 0.0975. The van der Waals surface area contributed by atoms with Crippen LogP contribution in [-0.2, 0) is 4.74 Å². The third kappa shape index (κ3) is 5.24. The van der Waals surface area contributed by atoms with E-state index < -0.39 is 0 Å². The minimum absolute atomic E-state index is 0.236. The number of nitrogens with zero attached hydrogens (tertiary/aromatic N) is 1. The smallest absolute Gasteiger partial charge is 0.0589 e. The normalized spacial score (nSPS) is 11.5. The van der Waals surface area contributed by atoms with E-state index >= 15 is 0 Å². The molecule has 0 aliphatic heterocycles. The highest BCUT2D eigenvalue weighted by Gasteiger charge is 2.13. The second-order valence-electron chi connectivity index (χ2n) is 3.22. The Morgan fingerprint density at radius 3 is 2.23 bits per heavy atom. The fraction of sp³-hybridized carbons (Fsp3) is 1.00. The van der Waals surface area contributed by atoms with Crippen LogP contribution in [0.2, 0.25) is 0 Å². The van der Waals surface area contributed by atoms with Crippen LogP contribution >= 0.6 is 0 Å². The zero-order valence-electron chi connectivity index (χ0n) is 9.12. The summed E-state index contributed by atoms with van der Waals surface area (Å²) >= 11 is 0. The maximum atomic E-state index is 8.89. The molecule has 0 aliphatic carbocycles. The predicted molar refractivity (Wildman–Crippen MR) is 54.9 cm³/mol. The summed E-state index contributed by atoms with van der Waals surface area (Å²) in [5.74, 6) is 0. The molecule has 1 N–H and O–H groups in total. The fourth-order valence-corrected chi connectivity index (χ4v) is 1.62. The molecule has 0 unspecified atom stereocenters. The number of aliphatic hydroxyl groups is 1. The van der Waals surface area contributed by atoms with E-state index in [9.17, 15) is 0 Å². The molecule has 0 aromatic carbocycles. The molecule has 0 bridgehead atoms. The second kappa shape index (κ2) is 8.48. The van der Waals surface area contributed by atoms with E-state index in [-0.39, 0.29) is 6.61 Å². The first-order chi connectivity index (χ1) is 6.29. The topological polar surface area (TPSA) is 32.7 Å². The Balaban J connectivity index is 3.88. The van der Waals surface area contributed by atoms with Crippen LogP contribution in [0.25, 0.3) is 0 Å². The van der Waals surface area contributed by atoms with Gasteiger partial charge in [0, 0.05) is 26.2 Å². The van der Waals surface area contributed by atoms with Gasteiger partial charge in [0.2, 0.25) is 0 Å². The highest BCUT2D eigenvalue weighted by atomic mass is 16.5. The maximum Gasteiger partial charge on any atom is 0.0589 e. The molecule has 0 amide bonds. The standard InChI is InChI=1S/C10H23NO2/c1-4-10(5-2)11(6-8-12)7-9-13-3/h10,12H,4-9H2,1-3H3. The van der Waals surface area contributed by atoms with E-state index in [1.54, 1.807) is 7.11 Å². The molecule has 0 saturated carbocycles. The average molecular weight is 189 g/mol. The zero-order chi connectivity index (χ0) is 10.1. The Labute approximate surface area is 81.7 Å². The van der Waals surface area contributed by atoms with Gasteiger partial charge in [-0.1, -0.05) is 13.8 Å². The lowest BCUT2D eigenvalue weighted by atomic mass is 10.1. The maximum absolute atomic E-state index is 8.89. The summed E-state index contributed by atoms with van der Waals surface area (Å²) < 4.78 is 5.03. The molecule has 0 radical (unpaired) electrons. The molecular weight excluding hydrogens is 166 g/mol. The first-order valence-corrected chi connectivity index (χ1v) is 5.13. The van der Waals surface area contributed by atoms with E-state index in [0.717, 1.165) is 32.5 Å². The van der Waals surface area contributed by atoms with Crippen molar-refractivity contribution in [3.63, 3.8) is 0 Å². The van der Waals surface area contributed by atoms with Gasteiger partial charge in [0.25, 0.3) is 0 Å². The van der Waals surface area contributed by atoms with E-state index in [1.165, 1.54) is 0 Å². The third-order valence-corrected chi connectivity index (χ3v) is 2.43. The number of rotatable bonds is 8. The molecule has 0 atom stereocenters. The first kappa shape index (κ1) is 12.9. The Hall–Kier alpha value is -0.120. The van der Waals surface area contributed by atoms with Gasteiger partial charge in [-0.05, 0) is 12.8 Å². The first-order valence-electron chi connectivity index (χ1n) is 5.13. The van der Waals surface area contributed by atoms with Gasteiger partial charge in [0.05, 0.1) is 13.2 Å². The van der Waals surface area contributed by atoms with Crippen molar-refractivity contribution in [3.05, 3.63) is 0 Å². The molecule has 0 aromatic rings. The van der Waals surface area contributed by atoms with Crippen LogP contribution in [-0.4, -0.2) is 49.5 Å². The molecule has 0 heterocycles. The molecule has 3 nitrogen and oxygen atoms in total. The summed E-state index contributed by atoms with van der Waals surface area (Å²) in [6.45, 7) is 7.03.